The van der Waals surface area contributed by atoms with Crippen molar-refractivity contribution in [2.24, 2.45) is 0 Å². The number of aliphatic hydroxyl groups is 1. The molecular weight excluding hydrogens is 344 g/mol. The van der Waals surface area contributed by atoms with E-state index in [-0.39, 0.29) is 17.4 Å². The first-order valence-electron chi connectivity index (χ1n) is 9.31. The summed E-state index contributed by atoms with van der Waals surface area (Å²) in [6, 6.07) is 13.7. The van der Waals surface area contributed by atoms with Gasteiger partial charge in [0, 0.05) is 50.4 Å². The maximum absolute atomic E-state index is 11.1. The number of para-hydroxylation sites is 1. The number of anilines is 2. The Balaban J connectivity index is 1.47. The fourth-order valence-electron chi connectivity index (χ4n) is 4.32. The molecule has 0 amide bonds. The van der Waals surface area contributed by atoms with E-state index in [0.717, 1.165) is 37.3 Å². The number of nitrogens with zero attached hydrogens (tertiary/aromatic N) is 3. The van der Waals surface area contributed by atoms with Crippen molar-refractivity contribution in [2.75, 3.05) is 36.8 Å². The van der Waals surface area contributed by atoms with E-state index in [1.54, 1.807) is 6.07 Å². The zero-order valence-electron chi connectivity index (χ0n) is 15.1. The molecule has 2 atom stereocenters. The first kappa shape index (κ1) is 17.8. The summed E-state index contributed by atoms with van der Waals surface area (Å²) in [5.41, 5.74) is 9.10. The Hall–Kier alpha value is -2.64. The van der Waals surface area contributed by atoms with Crippen LogP contribution in [0, 0.1) is 10.1 Å². The van der Waals surface area contributed by atoms with Gasteiger partial charge in [0.1, 0.15) is 5.69 Å². The number of piperazine rings is 1. The topological polar surface area (TPSA) is 95.9 Å². The van der Waals surface area contributed by atoms with Crippen LogP contribution in [0.2, 0.25) is 0 Å². The molecule has 7 nitrogen and oxygen atoms in total. The van der Waals surface area contributed by atoms with Gasteiger partial charge in [0.25, 0.3) is 5.69 Å². The van der Waals surface area contributed by atoms with Gasteiger partial charge in [0.15, 0.2) is 0 Å². The molecule has 1 aliphatic carbocycles. The summed E-state index contributed by atoms with van der Waals surface area (Å²) in [5.74, 6) is 0. The van der Waals surface area contributed by atoms with E-state index in [0.29, 0.717) is 12.8 Å². The molecule has 3 N–H and O–H groups in total. The fraction of sp³-hybridized carbons (Fsp3) is 0.400. The lowest BCUT2D eigenvalue weighted by Gasteiger charge is -2.43. The smallest absolute Gasteiger partial charge is 0.292 e. The zero-order chi connectivity index (χ0) is 19.0. The lowest BCUT2D eigenvalue weighted by molar-refractivity contribution is -0.384. The highest BCUT2D eigenvalue weighted by atomic mass is 16.6. The number of benzene rings is 2. The Morgan fingerprint density at radius 3 is 2.41 bits per heavy atom. The van der Waals surface area contributed by atoms with E-state index < -0.39 is 11.0 Å². The van der Waals surface area contributed by atoms with Gasteiger partial charge in [-0.1, -0.05) is 24.3 Å². The summed E-state index contributed by atoms with van der Waals surface area (Å²) in [6.07, 6.45) is 0.473. The number of nitro groups is 1. The standard InChI is InChI=1S/C20H24N4O3/c21-20-16-13-19(25)18(12-14(16)6-7-17(20)24(26)27)23-10-8-22(9-11-23)15-4-2-1-3-5-15/h1-7,18-19,25H,8-13,21H2/t18-,19-/m0/s1. The lowest BCUT2D eigenvalue weighted by atomic mass is 9.83. The molecule has 1 fully saturated rings. The number of nitrogens with two attached hydrogens (primary N) is 1. The van der Waals surface area contributed by atoms with Crippen molar-refractivity contribution < 1.29 is 10.0 Å². The molecule has 0 radical (unpaired) electrons. The second kappa shape index (κ2) is 7.17. The van der Waals surface area contributed by atoms with Gasteiger partial charge in [0.05, 0.1) is 11.0 Å². The monoisotopic (exact) mass is 368 g/mol. The van der Waals surface area contributed by atoms with Crippen molar-refractivity contribution in [3.63, 3.8) is 0 Å². The quantitative estimate of drug-likeness (QED) is 0.487. The Labute approximate surface area is 158 Å². The zero-order valence-corrected chi connectivity index (χ0v) is 15.1. The number of aliphatic hydroxyl groups excluding tert-OH is 1. The van der Waals surface area contributed by atoms with Crippen LogP contribution in [0.5, 0.6) is 0 Å². The average Bonchev–Trinajstić information content (AvgIpc) is 2.69. The largest absolute Gasteiger partial charge is 0.393 e. The minimum Gasteiger partial charge on any atom is -0.393 e. The summed E-state index contributed by atoms with van der Waals surface area (Å²) in [4.78, 5) is 15.3. The maximum atomic E-state index is 11.1. The van der Waals surface area contributed by atoms with Gasteiger partial charge >= 0.3 is 0 Å². The van der Waals surface area contributed by atoms with E-state index in [4.69, 9.17) is 5.73 Å². The van der Waals surface area contributed by atoms with Crippen LogP contribution in [0.1, 0.15) is 11.1 Å². The highest BCUT2D eigenvalue weighted by Gasteiger charge is 2.35. The van der Waals surface area contributed by atoms with Gasteiger partial charge in [-0.2, -0.15) is 0 Å². The molecule has 27 heavy (non-hydrogen) atoms. The Morgan fingerprint density at radius 2 is 1.74 bits per heavy atom. The van der Waals surface area contributed by atoms with Crippen LogP contribution < -0.4 is 10.6 Å². The van der Waals surface area contributed by atoms with Gasteiger partial charge in [0.2, 0.25) is 0 Å². The summed E-state index contributed by atoms with van der Waals surface area (Å²) in [6.45, 7) is 3.60. The van der Waals surface area contributed by atoms with Crippen molar-refractivity contribution in [2.45, 2.75) is 25.0 Å². The number of rotatable bonds is 3. The molecule has 0 saturated carbocycles. The Kier molecular flexibility index (Phi) is 4.72. The molecular formula is C20H24N4O3. The van der Waals surface area contributed by atoms with Crippen LogP contribution in [0.25, 0.3) is 0 Å². The van der Waals surface area contributed by atoms with E-state index in [1.807, 2.05) is 18.2 Å². The molecule has 7 heteroatoms. The van der Waals surface area contributed by atoms with Crippen molar-refractivity contribution in [1.29, 1.82) is 0 Å². The molecule has 2 aromatic rings. The highest BCUT2D eigenvalue weighted by Crippen LogP contribution is 2.34. The third-order valence-corrected chi connectivity index (χ3v) is 5.82. The van der Waals surface area contributed by atoms with E-state index in [1.165, 1.54) is 11.8 Å². The van der Waals surface area contributed by atoms with Crippen molar-refractivity contribution in [3.05, 3.63) is 63.7 Å². The van der Waals surface area contributed by atoms with Crippen molar-refractivity contribution >= 4 is 17.1 Å². The van der Waals surface area contributed by atoms with Crippen LogP contribution in [0.15, 0.2) is 42.5 Å². The predicted octanol–water partition coefficient (Wildman–Crippen LogP) is 1.83. The summed E-state index contributed by atoms with van der Waals surface area (Å²) < 4.78 is 0. The third kappa shape index (κ3) is 3.36. The molecule has 142 valence electrons. The van der Waals surface area contributed by atoms with Gasteiger partial charge in [-0.25, -0.2) is 0 Å². The van der Waals surface area contributed by atoms with E-state index in [2.05, 4.69) is 21.9 Å². The van der Waals surface area contributed by atoms with Crippen LogP contribution >= 0.6 is 0 Å². The van der Waals surface area contributed by atoms with E-state index >= 15 is 0 Å². The summed E-state index contributed by atoms with van der Waals surface area (Å²) >= 11 is 0. The fourth-order valence-corrected chi connectivity index (χ4v) is 4.32. The Bertz CT molecular complexity index is 835. The first-order chi connectivity index (χ1) is 13.0. The van der Waals surface area contributed by atoms with Gasteiger partial charge in [-0.3, -0.25) is 15.0 Å². The number of nitrogen functional groups attached to an aromatic ring is 1. The Morgan fingerprint density at radius 1 is 1.04 bits per heavy atom. The minimum atomic E-state index is -0.565. The molecule has 2 aromatic carbocycles. The third-order valence-electron chi connectivity index (χ3n) is 5.82. The highest BCUT2D eigenvalue weighted by molar-refractivity contribution is 5.66. The summed E-state index contributed by atoms with van der Waals surface area (Å²) in [7, 11) is 0. The number of fused-ring (bicyclic) bond motifs is 1. The number of hydrogen-bond acceptors (Lipinski definition) is 6. The van der Waals surface area contributed by atoms with E-state index in [9.17, 15) is 15.2 Å². The van der Waals surface area contributed by atoms with Gasteiger partial charge in [-0.15, -0.1) is 0 Å². The van der Waals surface area contributed by atoms with Crippen LogP contribution in [0.3, 0.4) is 0 Å². The second-order valence-corrected chi connectivity index (χ2v) is 7.29. The SMILES string of the molecule is Nc1c([N+](=O)[O-])ccc2c1C[C@H](O)[C@@H](N1CCN(c3ccccc3)CC1)C2. The average molecular weight is 368 g/mol. The maximum Gasteiger partial charge on any atom is 0.292 e. The van der Waals surface area contributed by atoms with Gasteiger partial charge in [-0.05, 0) is 29.7 Å². The molecule has 0 bridgehead atoms. The van der Waals surface area contributed by atoms with Crippen LogP contribution in [-0.2, 0) is 12.8 Å². The lowest BCUT2D eigenvalue weighted by Crippen LogP contribution is -2.56. The van der Waals surface area contributed by atoms with Crippen molar-refractivity contribution in [3.8, 4) is 0 Å². The molecule has 4 rings (SSSR count). The molecule has 0 spiro atoms. The first-order valence-corrected chi connectivity index (χ1v) is 9.31. The van der Waals surface area contributed by atoms with Gasteiger partial charge < -0.3 is 15.7 Å². The van der Waals surface area contributed by atoms with Crippen molar-refractivity contribution in [1.82, 2.24) is 4.90 Å². The molecule has 0 unspecified atom stereocenters. The molecule has 2 aliphatic rings. The molecule has 0 aromatic heterocycles. The number of nitro benzene ring substituents is 1. The molecule has 1 saturated heterocycles. The number of hydrogen-bond donors (Lipinski definition) is 2. The molecule has 1 aliphatic heterocycles. The predicted molar refractivity (Wildman–Crippen MR) is 105 cm³/mol. The second-order valence-electron chi connectivity index (χ2n) is 7.29. The van der Waals surface area contributed by atoms with Crippen LogP contribution in [0.4, 0.5) is 17.1 Å². The normalized spacial score (nSPS) is 23.1. The van der Waals surface area contributed by atoms with Crippen LogP contribution in [-0.4, -0.2) is 53.3 Å². The molecule has 1 heterocycles. The minimum absolute atomic E-state index is 0.0243. The summed E-state index contributed by atoms with van der Waals surface area (Å²) in [5, 5.41) is 21.8.